The van der Waals surface area contributed by atoms with E-state index in [1.807, 2.05) is 0 Å². The summed E-state index contributed by atoms with van der Waals surface area (Å²) in [5, 5.41) is 0. The molecule has 0 N–H and O–H groups in total. The summed E-state index contributed by atoms with van der Waals surface area (Å²) in [6.07, 6.45) is 72.7. The van der Waals surface area contributed by atoms with Crippen molar-refractivity contribution < 1.29 is 28.6 Å². The minimum Gasteiger partial charge on any atom is -0.462 e. The molecule has 6 nitrogen and oxygen atoms in total. The van der Waals surface area contributed by atoms with Gasteiger partial charge in [-0.2, -0.15) is 0 Å². The summed E-state index contributed by atoms with van der Waals surface area (Å²) in [5.74, 6) is -0.895. The van der Waals surface area contributed by atoms with Crippen molar-refractivity contribution in [3.05, 3.63) is 48.6 Å². The molecule has 0 heterocycles. The van der Waals surface area contributed by atoms with Gasteiger partial charge in [0.15, 0.2) is 6.10 Å². The van der Waals surface area contributed by atoms with E-state index >= 15 is 0 Å². The Bertz CT molecular complexity index is 1220. The van der Waals surface area contributed by atoms with Gasteiger partial charge in [0, 0.05) is 19.3 Å². The molecule has 1 unspecified atom stereocenters. The van der Waals surface area contributed by atoms with Gasteiger partial charge in [-0.15, -0.1) is 0 Å². The highest BCUT2D eigenvalue weighted by atomic mass is 16.6. The Morgan fingerprint density at radius 1 is 0.286 bits per heavy atom. The van der Waals surface area contributed by atoms with E-state index in [2.05, 4.69) is 69.4 Å². The summed E-state index contributed by atoms with van der Waals surface area (Å²) in [4.78, 5) is 38.1. The molecule has 0 amide bonds. The zero-order chi connectivity index (χ0) is 50.7. The molecule has 0 aromatic carbocycles. The number of hydrogen-bond donors (Lipinski definition) is 0. The molecule has 408 valence electrons. The predicted octanol–water partition coefficient (Wildman–Crippen LogP) is 20.6. The number of allylic oxidation sites excluding steroid dienone is 8. The van der Waals surface area contributed by atoms with E-state index in [9.17, 15) is 14.4 Å². The normalized spacial score (nSPS) is 12.3. The van der Waals surface area contributed by atoms with Gasteiger partial charge in [0.05, 0.1) is 0 Å². The molecule has 0 radical (unpaired) electrons. The topological polar surface area (TPSA) is 78.9 Å². The Hall–Kier alpha value is -2.63. The number of carbonyl (C=O) groups is 3. The predicted molar refractivity (Wildman–Crippen MR) is 302 cm³/mol. The monoisotopic (exact) mass is 981 g/mol. The van der Waals surface area contributed by atoms with Gasteiger partial charge < -0.3 is 14.2 Å². The van der Waals surface area contributed by atoms with Crippen LogP contribution in [0.3, 0.4) is 0 Å². The zero-order valence-electron chi connectivity index (χ0n) is 46.8. The maximum Gasteiger partial charge on any atom is 0.306 e. The smallest absolute Gasteiger partial charge is 0.306 e. The second-order valence-electron chi connectivity index (χ2n) is 20.6. The molecule has 0 spiro atoms. The van der Waals surface area contributed by atoms with Crippen LogP contribution in [0.15, 0.2) is 48.6 Å². The lowest BCUT2D eigenvalue weighted by molar-refractivity contribution is -0.167. The third-order valence-electron chi connectivity index (χ3n) is 13.5. The minimum atomic E-state index is -0.784. The van der Waals surface area contributed by atoms with Crippen molar-refractivity contribution in [3.8, 4) is 0 Å². The number of carbonyl (C=O) groups excluding carboxylic acids is 3. The number of unbranched alkanes of at least 4 members (excludes halogenated alkanes) is 37. The molecule has 6 heteroatoms. The quantitative estimate of drug-likeness (QED) is 0.0261. The molecule has 0 aliphatic carbocycles. The maximum atomic E-state index is 12.8. The fourth-order valence-electron chi connectivity index (χ4n) is 8.93. The maximum absolute atomic E-state index is 12.8. The van der Waals surface area contributed by atoms with Gasteiger partial charge in [-0.05, 0) is 70.6 Å². The Morgan fingerprint density at radius 3 is 0.843 bits per heavy atom. The van der Waals surface area contributed by atoms with Crippen LogP contribution in [-0.4, -0.2) is 37.2 Å². The number of esters is 3. The van der Waals surface area contributed by atoms with Gasteiger partial charge in [0.25, 0.3) is 0 Å². The van der Waals surface area contributed by atoms with Crippen molar-refractivity contribution in [2.24, 2.45) is 0 Å². The van der Waals surface area contributed by atoms with E-state index in [1.54, 1.807) is 0 Å². The fourth-order valence-corrected chi connectivity index (χ4v) is 8.93. The van der Waals surface area contributed by atoms with E-state index in [0.29, 0.717) is 19.3 Å². The van der Waals surface area contributed by atoms with Crippen LogP contribution in [0.25, 0.3) is 0 Å². The summed E-state index contributed by atoms with van der Waals surface area (Å²) in [7, 11) is 0. The molecule has 0 bridgehead atoms. The van der Waals surface area contributed by atoms with Gasteiger partial charge in [0.1, 0.15) is 13.2 Å². The minimum absolute atomic E-state index is 0.0806. The highest BCUT2D eigenvalue weighted by Gasteiger charge is 2.19. The molecule has 1 atom stereocenters. The average molecular weight is 982 g/mol. The third kappa shape index (κ3) is 56.3. The van der Waals surface area contributed by atoms with E-state index in [-0.39, 0.29) is 31.1 Å². The molecule has 0 fully saturated rings. The largest absolute Gasteiger partial charge is 0.462 e. The SMILES string of the molecule is CCC/C=C\C/C=C\CCCCCCCC(=O)OCC(COC(=O)CCCCCCCCCCCCCCCCCCCCCCCCCCCC)OC(=O)CCCCCCC/C=C\C/C=C\CCC. The molecule has 0 aromatic heterocycles. The summed E-state index contributed by atoms with van der Waals surface area (Å²) in [6, 6.07) is 0. The van der Waals surface area contributed by atoms with E-state index in [4.69, 9.17) is 14.2 Å². The third-order valence-corrected chi connectivity index (χ3v) is 13.5. The Kier molecular flexibility index (Phi) is 56.7. The van der Waals surface area contributed by atoms with Crippen molar-refractivity contribution in [2.45, 2.75) is 329 Å². The first kappa shape index (κ1) is 67.4. The van der Waals surface area contributed by atoms with Gasteiger partial charge in [-0.25, -0.2) is 0 Å². The van der Waals surface area contributed by atoms with E-state index in [1.165, 1.54) is 167 Å². The van der Waals surface area contributed by atoms with Crippen LogP contribution in [0.1, 0.15) is 323 Å². The summed E-state index contributed by atoms with van der Waals surface area (Å²) in [5.41, 5.74) is 0. The first-order valence-corrected chi connectivity index (χ1v) is 30.6. The van der Waals surface area contributed by atoms with E-state index < -0.39 is 6.10 Å². The van der Waals surface area contributed by atoms with Crippen molar-refractivity contribution in [1.29, 1.82) is 0 Å². The lowest BCUT2D eigenvalue weighted by Crippen LogP contribution is -2.30. The number of hydrogen-bond acceptors (Lipinski definition) is 6. The van der Waals surface area contributed by atoms with Gasteiger partial charge in [-0.1, -0.05) is 281 Å². The van der Waals surface area contributed by atoms with Crippen LogP contribution in [0.2, 0.25) is 0 Å². The zero-order valence-corrected chi connectivity index (χ0v) is 46.8. The Balaban J connectivity index is 4.19. The Morgan fingerprint density at radius 2 is 0.543 bits per heavy atom. The molecule has 70 heavy (non-hydrogen) atoms. The van der Waals surface area contributed by atoms with Crippen LogP contribution < -0.4 is 0 Å². The Labute approximate surface area is 435 Å². The highest BCUT2D eigenvalue weighted by molar-refractivity contribution is 5.71. The van der Waals surface area contributed by atoms with Crippen molar-refractivity contribution in [2.75, 3.05) is 13.2 Å². The molecule has 0 rings (SSSR count). The summed E-state index contributed by atoms with van der Waals surface area (Å²) >= 11 is 0. The van der Waals surface area contributed by atoms with E-state index in [0.717, 1.165) is 116 Å². The lowest BCUT2D eigenvalue weighted by Gasteiger charge is -2.18. The van der Waals surface area contributed by atoms with Crippen LogP contribution in [0.5, 0.6) is 0 Å². The van der Waals surface area contributed by atoms with Gasteiger partial charge in [-0.3, -0.25) is 14.4 Å². The summed E-state index contributed by atoms with van der Waals surface area (Å²) < 4.78 is 16.9. The fraction of sp³-hybridized carbons (Fsp3) is 0.828. The van der Waals surface area contributed by atoms with Crippen LogP contribution in [-0.2, 0) is 28.6 Å². The van der Waals surface area contributed by atoms with Crippen LogP contribution >= 0.6 is 0 Å². The second kappa shape index (κ2) is 58.9. The first-order valence-electron chi connectivity index (χ1n) is 30.6. The molecular weight excluding hydrogens is 865 g/mol. The second-order valence-corrected chi connectivity index (χ2v) is 20.6. The summed E-state index contributed by atoms with van der Waals surface area (Å²) in [6.45, 7) is 6.53. The van der Waals surface area contributed by atoms with Crippen molar-refractivity contribution in [1.82, 2.24) is 0 Å². The number of rotatable bonds is 56. The van der Waals surface area contributed by atoms with Gasteiger partial charge >= 0.3 is 17.9 Å². The van der Waals surface area contributed by atoms with Gasteiger partial charge in [0.2, 0.25) is 0 Å². The number of ether oxygens (including phenoxy) is 3. The van der Waals surface area contributed by atoms with Crippen LogP contribution in [0.4, 0.5) is 0 Å². The molecule has 0 saturated heterocycles. The lowest BCUT2D eigenvalue weighted by atomic mass is 10.0. The van der Waals surface area contributed by atoms with Crippen LogP contribution in [0, 0.1) is 0 Å². The average Bonchev–Trinajstić information content (AvgIpc) is 3.36. The molecule has 0 aliphatic rings. The molecule has 0 saturated carbocycles. The van der Waals surface area contributed by atoms with Crippen molar-refractivity contribution in [3.63, 3.8) is 0 Å². The highest BCUT2D eigenvalue weighted by Crippen LogP contribution is 2.17. The molecule has 0 aliphatic heterocycles. The molecule has 0 aromatic rings. The van der Waals surface area contributed by atoms with Crippen molar-refractivity contribution >= 4 is 17.9 Å². The standard InChI is InChI=1S/C64H116O6/c1-4-7-10-13-16-19-22-25-26-27-28-29-30-31-32-33-34-35-36-37-40-42-45-48-51-54-57-63(66)69-60-61(70-64(67)58-55-52-49-46-43-39-24-21-18-15-12-9-6-3)59-68-62(65)56-53-50-47-44-41-38-23-20-17-14-11-8-5-2/h11-12,14-15,20-21,23-24,61H,4-10,13,16-19,22,25-60H2,1-3H3/b14-11-,15-12-,23-20-,24-21-. The first-order chi connectivity index (χ1) is 34.5. The molecular formula is C64H116O6.